The fraction of sp³-hybridized carbons (Fsp3) is 0.600. The molecule has 1 heterocycles. The molecule has 14 heavy (non-hydrogen) atoms. The number of hydrogen-bond acceptors (Lipinski definition) is 4. The molecule has 0 aliphatic carbocycles. The molecular weight excluding hydrogens is 182 g/mol. The van der Waals surface area contributed by atoms with E-state index in [-0.39, 0.29) is 19.3 Å². The van der Waals surface area contributed by atoms with Crippen molar-refractivity contribution < 1.29 is 14.6 Å². The van der Waals surface area contributed by atoms with Crippen LogP contribution in [0.4, 0.5) is 0 Å². The summed E-state index contributed by atoms with van der Waals surface area (Å²) in [6.45, 7) is 2.65. The molecule has 80 valence electrons. The lowest BCUT2D eigenvalue weighted by atomic mass is 10.2. The minimum atomic E-state index is -0.0722. The molecule has 3 N–H and O–H groups in total. The third-order valence-electron chi connectivity index (χ3n) is 2.15. The van der Waals surface area contributed by atoms with Gasteiger partial charge in [0.1, 0.15) is 18.1 Å². The molecule has 0 aliphatic heterocycles. The maximum atomic E-state index is 8.92. The highest BCUT2D eigenvalue weighted by Crippen LogP contribution is 2.07. The topological polar surface area (TPSA) is 65.6 Å². The first-order valence-electron chi connectivity index (χ1n) is 4.82. The number of hydrogen-bond donors (Lipinski definition) is 3. The molecule has 0 aromatic carbocycles. The zero-order valence-electron chi connectivity index (χ0n) is 8.36. The summed E-state index contributed by atoms with van der Waals surface area (Å²) < 4.78 is 5.28. The van der Waals surface area contributed by atoms with Gasteiger partial charge in [-0.05, 0) is 18.6 Å². The van der Waals surface area contributed by atoms with E-state index in [9.17, 15) is 0 Å². The van der Waals surface area contributed by atoms with E-state index >= 15 is 0 Å². The summed E-state index contributed by atoms with van der Waals surface area (Å²) in [4.78, 5) is 0. The van der Waals surface area contributed by atoms with Crippen LogP contribution in [0.5, 0.6) is 0 Å². The highest BCUT2D eigenvalue weighted by atomic mass is 16.4. The molecule has 0 amide bonds. The van der Waals surface area contributed by atoms with Crippen molar-refractivity contribution in [1.82, 2.24) is 5.32 Å². The minimum absolute atomic E-state index is 0.0722. The Hall–Kier alpha value is -0.840. The third kappa shape index (κ3) is 3.14. The number of rotatable bonds is 6. The van der Waals surface area contributed by atoms with Gasteiger partial charge >= 0.3 is 0 Å². The Morgan fingerprint density at radius 3 is 2.57 bits per heavy atom. The summed E-state index contributed by atoms with van der Waals surface area (Å²) in [5, 5.41) is 20.8. The summed E-state index contributed by atoms with van der Waals surface area (Å²) in [6, 6.07) is 3.68. The molecule has 4 nitrogen and oxygen atoms in total. The van der Waals surface area contributed by atoms with E-state index < -0.39 is 0 Å². The SMILES string of the molecule is CC[C@@H](CO)NCc1ccc(CO)o1. The zero-order chi connectivity index (χ0) is 10.4. The summed E-state index contributed by atoms with van der Waals surface area (Å²) in [5.74, 6) is 1.35. The molecular formula is C10H17NO3. The second-order valence-corrected chi connectivity index (χ2v) is 3.19. The number of furan rings is 1. The van der Waals surface area contributed by atoms with Crippen LogP contribution in [-0.2, 0) is 13.2 Å². The van der Waals surface area contributed by atoms with Crippen LogP contribution >= 0.6 is 0 Å². The zero-order valence-corrected chi connectivity index (χ0v) is 8.36. The maximum Gasteiger partial charge on any atom is 0.129 e. The Kier molecular flexibility index (Phi) is 4.65. The van der Waals surface area contributed by atoms with Gasteiger partial charge in [-0.3, -0.25) is 0 Å². The van der Waals surface area contributed by atoms with Crippen molar-refractivity contribution in [2.45, 2.75) is 32.5 Å². The molecule has 1 aromatic heterocycles. The van der Waals surface area contributed by atoms with Crippen molar-refractivity contribution in [2.24, 2.45) is 0 Å². The van der Waals surface area contributed by atoms with Crippen molar-refractivity contribution in [3.63, 3.8) is 0 Å². The molecule has 1 aromatic rings. The van der Waals surface area contributed by atoms with Gasteiger partial charge in [-0.1, -0.05) is 6.92 Å². The monoisotopic (exact) mass is 199 g/mol. The number of aliphatic hydroxyl groups excluding tert-OH is 2. The van der Waals surface area contributed by atoms with E-state index in [2.05, 4.69) is 5.32 Å². The average molecular weight is 199 g/mol. The van der Waals surface area contributed by atoms with Gasteiger partial charge in [0.25, 0.3) is 0 Å². The molecule has 0 bridgehead atoms. The van der Waals surface area contributed by atoms with Gasteiger partial charge in [-0.15, -0.1) is 0 Å². The van der Waals surface area contributed by atoms with Crippen LogP contribution in [0.1, 0.15) is 24.9 Å². The highest BCUT2D eigenvalue weighted by Gasteiger charge is 2.05. The Bertz CT molecular complexity index is 256. The summed E-state index contributed by atoms with van der Waals surface area (Å²) >= 11 is 0. The van der Waals surface area contributed by atoms with Crippen LogP contribution in [0, 0.1) is 0 Å². The lowest BCUT2D eigenvalue weighted by Crippen LogP contribution is -2.30. The van der Waals surface area contributed by atoms with Crippen LogP contribution < -0.4 is 5.32 Å². The first-order chi connectivity index (χ1) is 6.80. The Balaban J connectivity index is 2.37. The van der Waals surface area contributed by atoms with Gasteiger partial charge in [-0.2, -0.15) is 0 Å². The van der Waals surface area contributed by atoms with Gasteiger partial charge in [0.15, 0.2) is 0 Å². The van der Waals surface area contributed by atoms with Gasteiger partial charge in [0, 0.05) is 6.04 Å². The quantitative estimate of drug-likeness (QED) is 0.628. The van der Waals surface area contributed by atoms with Crippen LogP contribution in [0.2, 0.25) is 0 Å². The molecule has 0 fully saturated rings. The fourth-order valence-corrected chi connectivity index (χ4v) is 1.19. The molecule has 1 atom stereocenters. The predicted molar refractivity (Wildman–Crippen MR) is 52.6 cm³/mol. The smallest absolute Gasteiger partial charge is 0.129 e. The Morgan fingerprint density at radius 1 is 1.36 bits per heavy atom. The second-order valence-electron chi connectivity index (χ2n) is 3.19. The maximum absolute atomic E-state index is 8.92. The minimum Gasteiger partial charge on any atom is -0.462 e. The molecule has 0 unspecified atom stereocenters. The molecule has 0 saturated heterocycles. The van der Waals surface area contributed by atoms with Crippen molar-refractivity contribution in [2.75, 3.05) is 6.61 Å². The van der Waals surface area contributed by atoms with Crippen molar-refractivity contribution >= 4 is 0 Å². The molecule has 1 rings (SSSR count). The van der Waals surface area contributed by atoms with Gasteiger partial charge in [0.2, 0.25) is 0 Å². The standard InChI is InChI=1S/C10H17NO3/c1-2-8(6-12)11-5-9-3-4-10(7-13)14-9/h3-4,8,11-13H,2,5-7H2,1H3/t8-/m0/s1. The number of nitrogens with one attached hydrogen (secondary N) is 1. The van der Waals surface area contributed by atoms with Crippen molar-refractivity contribution in [1.29, 1.82) is 0 Å². The molecule has 0 radical (unpaired) electrons. The van der Waals surface area contributed by atoms with Crippen molar-refractivity contribution in [3.8, 4) is 0 Å². The molecule has 0 saturated carbocycles. The lowest BCUT2D eigenvalue weighted by molar-refractivity contribution is 0.228. The van der Waals surface area contributed by atoms with E-state index in [1.54, 1.807) is 6.07 Å². The normalized spacial score (nSPS) is 13.1. The summed E-state index contributed by atoms with van der Waals surface area (Å²) in [6.07, 6.45) is 0.879. The van der Waals surface area contributed by atoms with Crippen LogP contribution in [0.3, 0.4) is 0 Å². The average Bonchev–Trinajstić information content (AvgIpc) is 2.67. The predicted octanol–water partition coefficient (Wildman–Crippen LogP) is 0.632. The fourth-order valence-electron chi connectivity index (χ4n) is 1.19. The summed E-state index contributed by atoms with van der Waals surface area (Å²) in [7, 11) is 0. The van der Waals surface area contributed by atoms with E-state index in [1.165, 1.54) is 0 Å². The van der Waals surface area contributed by atoms with Gasteiger partial charge in [-0.25, -0.2) is 0 Å². The Morgan fingerprint density at radius 2 is 2.07 bits per heavy atom. The first kappa shape index (κ1) is 11.2. The number of aliphatic hydroxyl groups is 2. The third-order valence-corrected chi connectivity index (χ3v) is 2.15. The Labute approximate surface area is 83.6 Å². The van der Waals surface area contributed by atoms with Crippen molar-refractivity contribution in [3.05, 3.63) is 23.7 Å². The second kappa shape index (κ2) is 5.80. The van der Waals surface area contributed by atoms with Crippen LogP contribution in [0.15, 0.2) is 16.5 Å². The van der Waals surface area contributed by atoms with E-state index in [0.29, 0.717) is 12.3 Å². The van der Waals surface area contributed by atoms with E-state index in [1.807, 2.05) is 13.0 Å². The molecule has 0 spiro atoms. The first-order valence-corrected chi connectivity index (χ1v) is 4.82. The van der Waals surface area contributed by atoms with Crippen LogP contribution in [-0.4, -0.2) is 22.9 Å². The lowest BCUT2D eigenvalue weighted by Gasteiger charge is -2.12. The van der Waals surface area contributed by atoms with Gasteiger partial charge < -0.3 is 19.9 Å². The summed E-state index contributed by atoms with van der Waals surface area (Å²) in [5.41, 5.74) is 0. The largest absolute Gasteiger partial charge is 0.462 e. The van der Waals surface area contributed by atoms with E-state index in [4.69, 9.17) is 14.6 Å². The van der Waals surface area contributed by atoms with Gasteiger partial charge in [0.05, 0.1) is 13.2 Å². The molecule has 4 heteroatoms. The molecule has 0 aliphatic rings. The highest BCUT2D eigenvalue weighted by molar-refractivity contribution is 5.06. The van der Waals surface area contributed by atoms with E-state index in [0.717, 1.165) is 12.2 Å². The van der Waals surface area contributed by atoms with Crippen LogP contribution in [0.25, 0.3) is 0 Å².